The van der Waals surface area contributed by atoms with Crippen molar-refractivity contribution in [3.05, 3.63) is 83.7 Å². The summed E-state index contributed by atoms with van der Waals surface area (Å²) < 4.78 is 0. The Hall–Kier alpha value is -2.06. The van der Waals surface area contributed by atoms with Gasteiger partial charge in [0.15, 0.2) is 0 Å². The number of nitrogens with one attached hydrogen (secondary N) is 1. The first-order chi connectivity index (χ1) is 9.90. The molecule has 3 rings (SSSR count). The van der Waals surface area contributed by atoms with Crippen LogP contribution in [0.15, 0.2) is 78.2 Å². The Bertz CT molecular complexity index is 561. The second-order valence-electron chi connectivity index (χ2n) is 4.27. The van der Waals surface area contributed by atoms with Crippen molar-refractivity contribution in [3.8, 4) is 0 Å². The zero-order valence-electron chi connectivity index (χ0n) is 11.6. The summed E-state index contributed by atoms with van der Waals surface area (Å²) in [5.74, 6) is 0. The molecule has 1 nitrogen and oxygen atoms in total. The number of para-hydroxylation sites is 1. The average molecular weight is 281 g/mol. The van der Waals surface area contributed by atoms with E-state index in [0.29, 0.717) is 0 Å². The number of hydrogen-bond acceptors (Lipinski definition) is 2. The number of hydrogen-bond donors (Lipinski definition) is 1. The highest BCUT2D eigenvalue weighted by atomic mass is 32.1. The monoisotopic (exact) mass is 281 g/mol. The Labute approximate surface area is 124 Å². The van der Waals surface area contributed by atoms with Gasteiger partial charge in [0, 0.05) is 5.69 Å². The molecule has 0 amide bonds. The van der Waals surface area contributed by atoms with Crippen LogP contribution in [0.25, 0.3) is 0 Å². The molecule has 0 aliphatic carbocycles. The molecule has 0 aliphatic heterocycles. The zero-order valence-corrected chi connectivity index (χ0v) is 12.4. The summed E-state index contributed by atoms with van der Waals surface area (Å²) in [5, 5.41) is 6.70. The van der Waals surface area contributed by atoms with E-state index in [1.807, 2.05) is 36.4 Å². The van der Waals surface area contributed by atoms with Gasteiger partial charge in [0.1, 0.15) is 0 Å². The molecular weight excluding hydrogens is 262 g/mol. The highest BCUT2D eigenvalue weighted by Crippen LogP contribution is 2.24. The fraction of sp³-hybridized carbons (Fsp3) is 0.111. The van der Waals surface area contributed by atoms with Crippen molar-refractivity contribution >= 4 is 22.0 Å². The highest BCUT2D eigenvalue weighted by Gasteiger charge is 1.99. The molecule has 1 N–H and O–H groups in total. The topological polar surface area (TPSA) is 12.0 Å². The number of benzene rings is 2. The van der Waals surface area contributed by atoms with E-state index < -0.39 is 0 Å². The molecule has 0 saturated heterocycles. The zero-order chi connectivity index (χ0) is 14.0. The van der Waals surface area contributed by atoms with Crippen LogP contribution in [-0.4, -0.2) is 0 Å². The third kappa shape index (κ3) is 4.56. The summed E-state index contributed by atoms with van der Waals surface area (Å²) in [5.41, 5.74) is 2.58. The van der Waals surface area contributed by atoms with Crippen LogP contribution < -0.4 is 5.32 Å². The first kappa shape index (κ1) is 14.4. The van der Waals surface area contributed by atoms with E-state index in [9.17, 15) is 0 Å². The van der Waals surface area contributed by atoms with Gasteiger partial charge < -0.3 is 5.32 Å². The molecule has 1 aromatic heterocycles. The van der Waals surface area contributed by atoms with Gasteiger partial charge in [0.25, 0.3) is 0 Å². The minimum Gasteiger partial charge on any atom is -0.347 e. The van der Waals surface area contributed by atoms with E-state index in [1.165, 1.54) is 16.3 Å². The van der Waals surface area contributed by atoms with Crippen LogP contribution in [0.5, 0.6) is 0 Å². The van der Waals surface area contributed by atoms with Gasteiger partial charge in [-0.1, -0.05) is 61.5 Å². The highest BCUT2D eigenvalue weighted by molar-refractivity contribution is 7.14. The smallest absolute Gasteiger partial charge is 0.0926 e. The largest absolute Gasteiger partial charge is 0.347 e. The Balaban J connectivity index is 0.000000205. The number of anilines is 2. The Kier molecular flexibility index (Phi) is 5.87. The Morgan fingerprint density at radius 2 is 1.45 bits per heavy atom. The standard InChI is InChI=1S/C12H13NS.C6H6/c1-2-10-6-3-4-7-11(10)13-12-8-5-9-14-12;1-2-4-6-5-3-1/h3-9,13H,2H2,1H3;1-6H. The maximum absolute atomic E-state index is 3.42. The third-order valence-electron chi connectivity index (χ3n) is 2.84. The Morgan fingerprint density at radius 1 is 0.800 bits per heavy atom. The Morgan fingerprint density at radius 3 is 2.00 bits per heavy atom. The molecule has 102 valence electrons. The maximum Gasteiger partial charge on any atom is 0.0926 e. The van der Waals surface area contributed by atoms with Gasteiger partial charge in [0.2, 0.25) is 0 Å². The SMILES string of the molecule is CCc1ccccc1Nc1cccs1.c1ccccc1. The van der Waals surface area contributed by atoms with E-state index in [0.717, 1.165) is 6.42 Å². The van der Waals surface area contributed by atoms with Crippen molar-refractivity contribution in [2.75, 3.05) is 5.32 Å². The summed E-state index contributed by atoms with van der Waals surface area (Å²) in [4.78, 5) is 0. The predicted octanol–water partition coefficient (Wildman–Crippen LogP) is 5.74. The summed E-state index contributed by atoms with van der Waals surface area (Å²) in [6, 6.07) is 24.6. The van der Waals surface area contributed by atoms with Gasteiger partial charge >= 0.3 is 0 Å². The maximum atomic E-state index is 3.42. The van der Waals surface area contributed by atoms with Crippen LogP contribution in [0.4, 0.5) is 10.7 Å². The minimum absolute atomic E-state index is 1.06. The van der Waals surface area contributed by atoms with Crippen LogP contribution in [0, 0.1) is 0 Å². The van der Waals surface area contributed by atoms with Gasteiger partial charge in [-0.2, -0.15) is 0 Å². The van der Waals surface area contributed by atoms with Gasteiger partial charge in [-0.05, 0) is 35.6 Å². The molecule has 0 aliphatic rings. The molecule has 0 fully saturated rings. The summed E-state index contributed by atoms with van der Waals surface area (Å²) in [6.07, 6.45) is 1.06. The predicted molar refractivity (Wildman–Crippen MR) is 89.9 cm³/mol. The van der Waals surface area contributed by atoms with E-state index >= 15 is 0 Å². The second kappa shape index (κ2) is 8.18. The summed E-state index contributed by atoms with van der Waals surface area (Å²) in [6.45, 7) is 2.18. The number of aryl methyl sites for hydroxylation is 1. The quantitative estimate of drug-likeness (QED) is 0.645. The lowest BCUT2D eigenvalue weighted by Gasteiger charge is -2.08. The van der Waals surface area contributed by atoms with Gasteiger partial charge in [-0.15, -0.1) is 11.3 Å². The van der Waals surface area contributed by atoms with Crippen molar-refractivity contribution in [2.45, 2.75) is 13.3 Å². The lowest BCUT2D eigenvalue weighted by atomic mass is 10.1. The van der Waals surface area contributed by atoms with E-state index in [1.54, 1.807) is 11.3 Å². The molecule has 20 heavy (non-hydrogen) atoms. The summed E-state index contributed by atoms with van der Waals surface area (Å²) >= 11 is 1.73. The fourth-order valence-corrected chi connectivity index (χ4v) is 2.45. The fourth-order valence-electron chi connectivity index (χ4n) is 1.82. The van der Waals surface area contributed by atoms with Crippen molar-refractivity contribution in [1.29, 1.82) is 0 Å². The molecule has 0 spiro atoms. The van der Waals surface area contributed by atoms with Crippen molar-refractivity contribution < 1.29 is 0 Å². The van der Waals surface area contributed by atoms with Gasteiger partial charge in [0.05, 0.1) is 5.00 Å². The molecule has 0 unspecified atom stereocenters. The molecule has 0 bridgehead atoms. The third-order valence-corrected chi connectivity index (χ3v) is 3.63. The van der Waals surface area contributed by atoms with E-state index in [4.69, 9.17) is 0 Å². The van der Waals surface area contributed by atoms with E-state index in [2.05, 4.69) is 54.0 Å². The van der Waals surface area contributed by atoms with Gasteiger partial charge in [-0.25, -0.2) is 0 Å². The number of rotatable bonds is 3. The van der Waals surface area contributed by atoms with Crippen molar-refractivity contribution in [2.24, 2.45) is 0 Å². The molecule has 3 aromatic rings. The summed E-state index contributed by atoms with van der Waals surface area (Å²) in [7, 11) is 0. The normalized spacial score (nSPS) is 9.45. The second-order valence-corrected chi connectivity index (χ2v) is 5.22. The van der Waals surface area contributed by atoms with Crippen LogP contribution in [0.3, 0.4) is 0 Å². The van der Waals surface area contributed by atoms with Crippen LogP contribution >= 0.6 is 11.3 Å². The average Bonchev–Trinajstić information content (AvgIpc) is 3.03. The molecular formula is C18H19NS. The molecule has 1 heterocycles. The molecule has 0 radical (unpaired) electrons. The molecule has 2 heteroatoms. The molecule has 2 aromatic carbocycles. The van der Waals surface area contributed by atoms with Crippen molar-refractivity contribution in [3.63, 3.8) is 0 Å². The first-order valence-corrected chi connectivity index (χ1v) is 7.66. The van der Waals surface area contributed by atoms with Crippen LogP contribution in [0.2, 0.25) is 0 Å². The van der Waals surface area contributed by atoms with Crippen molar-refractivity contribution in [1.82, 2.24) is 0 Å². The molecule has 0 saturated carbocycles. The van der Waals surface area contributed by atoms with Gasteiger partial charge in [-0.3, -0.25) is 0 Å². The molecule has 0 atom stereocenters. The lowest BCUT2D eigenvalue weighted by molar-refractivity contribution is 1.14. The number of thiophene rings is 1. The van der Waals surface area contributed by atoms with Crippen LogP contribution in [-0.2, 0) is 6.42 Å². The minimum atomic E-state index is 1.06. The van der Waals surface area contributed by atoms with Crippen LogP contribution in [0.1, 0.15) is 12.5 Å². The lowest BCUT2D eigenvalue weighted by Crippen LogP contribution is -1.92. The first-order valence-electron chi connectivity index (χ1n) is 6.78. The van der Waals surface area contributed by atoms with E-state index in [-0.39, 0.29) is 0 Å².